The number of nitrogen functional groups attached to an aromatic ring is 1. The standard InChI is InChI=1S/C23H23N5O5/c1-13-4-6-14(7-5-13)21(29)30-11-23(10-24)19-18(31-22(2,3)33-19)17(32-23)15-8-9-16-20(25)26-12-27-28(15)16/h4-9,12,17-19H,11H2,1-3H3,(H2,25,26,27)/t17-,18-,19-,23+/m0/s1. The summed E-state index contributed by atoms with van der Waals surface area (Å²) in [5.74, 6) is -1.20. The second-order valence-corrected chi connectivity index (χ2v) is 8.70. The largest absolute Gasteiger partial charge is 0.458 e. The van der Waals surface area contributed by atoms with Crippen LogP contribution >= 0.6 is 0 Å². The minimum atomic E-state index is -1.58. The Morgan fingerprint density at radius 3 is 2.70 bits per heavy atom. The summed E-state index contributed by atoms with van der Waals surface area (Å²) in [5.41, 5.74) is 7.02. The number of nitriles is 1. The van der Waals surface area contributed by atoms with Crippen molar-refractivity contribution in [1.82, 2.24) is 14.6 Å². The highest BCUT2D eigenvalue weighted by Crippen LogP contribution is 2.50. The van der Waals surface area contributed by atoms with Crippen LogP contribution in [0.15, 0.2) is 42.7 Å². The molecule has 2 fully saturated rings. The number of aryl methyl sites for hydroxylation is 1. The van der Waals surface area contributed by atoms with Gasteiger partial charge in [0, 0.05) is 0 Å². The Bertz CT molecular complexity index is 1260. The highest BCUT2D eigenvalue weighted by atomic mass is 16.8. The maximum atomic E-state index is 12.6. The molecule has 0 aliphatic carbocycles. The third kappa shape index (κ3) is 3.51. The summed E-state index contributed by atoms with van der Waals surface area (Å²) in [5, 5.41) is 14.4. The lowest BCUT2D eigenvalue weighted by atomic mass is 9.96. The fraction of sp³-hybridized carbons (Fsp3) is 0.391. The zero-order valence-electron chi connectivity index (χ0n) is 18.4. The summed E-state index contributed by atoms with van der Waals surface area (Å²) in [4.78, 5) is 16.6. The molecular formula is C23H23N5O5. The Balaban J connectivity index is 1.47. The van der Waals surface area contributed by atoms with Crippen LogP contribution in [0.3, 0.4) is 0 Å². The predicted octanol–water partition coefficient (Wildman–Crippen LogP) is 2.33. The SMILES string of the molecule is Cc1ccc(C(=O)OC[C@@]2(C#N)O[C@@H](c3ccc4c(N)ncnn34)[C@@H]3OC(C)(C)O[C@@H]32)cc1. The van der Waals surface area contributed by atoms with Gasteiger partial charge in [-0.05, 0) is 45.0 Å². The van der Waals surface area contributed by atoms with Gasteiger partial charge in [-0.2, -0.15) is 10.4 Å². The van der Waals surface area contributed by atoms with Crippen LogP contribution in [0.25, 0.3) is 5.52 Å². The van der Waals surface area contributed by atoms with Crippen molar-refractivity contribution >= 4 is 17.3 Å². The molecule has 0 radical (unpaired) electrons. The van der Waals surface area contributed by atoms with Gasteiger partial charge in [0.25, 0.3) is 0 Å². The number of hydrogen-bond acceptors (Lipinski definition) is 9. The van der Waals surface area contributed by atoms with Gasteiger partial charge < -0.3 is 24.7 Å². The van der Waals surface area contributed by atoms with Crippen LogP contribution in [0.1, 0.15) is 41.6 Å². The first-order valence-electron chi connectivity index (χ1n) is 10.5. The highest BCUT2D eigenvalue weighted by molar-refractivity contribution is 5.89. The quantitative estimate of drug-likeness (QED) is 0.596. The Morgan fingerprint density at radius 2 is 1.97 bits per heavy atom. The fourth-order valence-corrected chi connectivity index (χ4v) is 4.33. The number of anilines is 1. The number of ether oxygens (including phenoxy) is 4. The zero-order chi connectivity index (χ0) is 23.4. The number of carbonyl (C=O) groups excluding carboxylic acids is 1. The summed E-state index contributed by atoms with van der Waals surface area (Å²) in [6, 6.07) is 12.7. The molecule has 1 aromatic carbocycles. The third-order valence-electron chi connectivity index (χ3n) is 5.92. The number of benzene rings is 1. The molecule has 2 N–H and O–H groups in total. The van der Waals surface area contributed by atoms with E-state index < -0.39 is 35.7 Å². The van der Waals surface area contributed by atoms with Crippen molar-refractivity contribution in [3.05, 3.63) is 59.5 Å². The van der Waals surface area contributed by atoms with E-state index >= 15 is 0 Å². The van der Waals surface area contributed by atoms with Crippen molar-refractivity contribution < 1.29 is 23.7 Å². The maximum absolute atomic E-state index is 12.6. The number of aromatic nitrogens is 3. The first kappa shape index (κ1) is 21.3. The molecule has 2 aliphatic rings. The van der Waals surface area contributed by atoms with Gasteiger partial charge in [0.15, 0.2) is 11.6 Å². The maximum Gasteiger partial charge on any atom is 0.338 e. The van der Waals surface area contributed by atoms with Crippen LogP contribution in [0.5, 0.6) is 0 Å². The molecule has 0 spiro atoms. The van der Waals surface area contributed by atoms with Gasteiger partial charge in [0.05, 0.1) is 11.3 Å². The molecule has 33 heavy (non-hydrogen) atoms. The molecule has 4 heterocycles. The molecule has 10 nitrogen and oxygen atoms in total. The molecule has 2 aliphatic heterocycles. The molecule has 170 valence electrons. The predicted molar refractivity (Wildman–Crippen MR) is 115 cm³/mol. The Labute approximate surface area is 189 Å². The first-order chi connectivity index (χ1) is 15.7. The molecule has 0 bridgehead atoms. The lowest BCUT2D eigenvalue weighted by molar-refractivity contribution is -0.205. The minimum Gasteiger partial charge on any atom is -0.458 e. The molecule has 2 saturated heterocycles. The van der Waals surface area contributed by atoms with Gasteiger partial charge in [-0.25, -0.2) is 14.3 Å². The smallest absolute Gasteiger partial charge is 0.338 e. The molecule has 2 aromatic heterocycles. The van der Waals surface area contributed by atoms with E-state index in [1.165, 1.54) is 6.33 Å². The van der Waals surface area contributed by atoms with Crippen molar-refractivity contribution in [3.63, 3.8) is 0 Å². The number of nitrogens with zero attached hydrogens (tertiary/aromatic N) is 4. The summed E-state index contributed by atoms with van der Waals surface area (Å²) < 4.78 is 25.6. The van der Waals surface area contributed by atoms with Crippen LogP contribution in [0.4, 0.5) is 5.82 Å². The number of carbonyl (C=O) groups is 1. The molecule has 0 saturated carbocycles. The zero-order valence-corrected chi connectivity index (χ0v) is 18.4. The van der Waals surface area contributed by atoms with Crippen LogP contribution in [-0.2, 0) is 18.9 Å². The van der Waals surface area contributed by atoms with Crippen molar-refractivity contribution in [1.29, 1.82) is 5.26 Å². The lowest BCUT2D eigenvalue weighted by Gasteiger charge is -2.28. The van der Waals surface area contributed by atoms with Crippen molar-refractivity contribution in [2.75, 3.05) is 12.3 Å². The number of nitrogens with two attached hydrogens (primary N) is 1. The van der Waals surface area contributed by atoms with Gasteiger partial charge in [-0.1, -0.05) is 17.7 Å². The molecule has 4 atom stereocenters. The highest BCUT2D eigenvalue weighted by Gasteiger charge is 2.65. The van der Waals surface area contributed by atoms with E-state index in [-0.39, 0.29) is 6.61 Å². The first-order valence-corrected chi connectivity index (χ1v) is 10.5. The van der Waals surface area contributed by atoms with Gasteiger partial charge in [0.2, 0.25) is 5.60 Å². The van der Waals surface area contributed by atoms with Crippen LogP contribution in [0, 0.1) is 18.3 Å². The minimum absolute atomic E-state index is 0.313. The van der Waals surface area contributed by atoms with E-state index in [0.717, 1.165) is 5.56 Å². The van der Waals surface area contributed by atoms with E-state index in [1.54, 1.807) is 42.6 Å². The summed E-state index contributed by atoms with van der Waals surface area (Å²) in [6.07, 6.45) is -0.800. The topological polar surface area (TPSA) is 134 Å². The van der Waals surface area contributed by atoms with E-state index in [9.17, 15) is 10.1 Å². The number of rotatable bonds is 4. The number of fused-ring (bicyclic) bond motifs is 2. The molecule has 0 unspecified atom stereocenters. The Morgan fingerprint density at radius 1 is 1.21 bits per heavy atom. The second-order valence-electron chi connectivity index (χ2n) is 8.70. The Kier molecular flexibility index (Phi) is 4.86. The number of hydrogen-bond donors (Lipinski definition) is 1. The van der Waals surface area contributed by atoms with E-state index in [0.29, 0.717) is 22.6 Å². The van der Waals surface area contributed by atoms with Crippen molar-refractivity contribution in [2.45, 2.75) is 50.5 Å². The number of esters is 1. The van der Waals surface area contributed by atoms with Gasteiger partial charge in [-0.3, -0.25) is 0 Å². The normalized spacial score (nSPS) is 27.9. The second kappa shape index (κ2) is 7.52. The van der Waals surface area contributed by atoms with E-state index in [2.05, 4.69) is 16.2 Å². The Hall–Kier alpha value is -3.52. The molecule has 0 amide bonds. The average Bonchev–Trinajstić information content (AvgIpc) is 3.43. The van der Waals surface area contributed by atoms with Crippen molar-refractivity contribution in [3.8, 4) is 6.07 Å². The average molecular weight is 449 g/mol. The van der Waals surface area contributed by atoms with Gasteiger partial charge >= 0.3 is 5.97 Å². The van der Waals surface area contributed by atoms with E-state index in [4.69, 9.17) is 24.7 Å². The summed E-state index contributed by atoms with van der Waals surface area (Å²) >= 11 is 0. The van der Waals surface area contributed by atoms with Crippen LogP contribution < -0.4 is 5.73 Å². The fourth-order valence-electron chi connectivity index (χ4n) is 4.33. The molecule has 5 rings (SSSR count). The molecule has 10 heteroatoms. The van der Waals surface area contributed by atoms with E-state index in [1.807, 2.05) is 19.1 Å². The van der Waals surface area contributed by atoms with Gasteiger partial charge in [-0.15, -0.1) is 0 Å². The van der Waals surface area contributed by atoms with Gasteiger partial charge in [0.1, 0.15) is 42.8 Å². The lowest BCUT2D eigenvalue weighted by Crippen LogP contribution is -2.46. The molecule has 3 aromatic rings. The monoisotopic (exact) mass is 449 g/mol. The molecular weight excluding hydrogens is 426 g/mol. The summed E-state index contributed by atoms with van der Waals surface area (Å²) in [6.45, 7) is 5.13. The van der Waals surface area contributed by atoms with Crippen LogP contribution in [-0.4, -0.2) is 50.8 Å². The third-order valence-corrected chi connectivity index (χ3v) is 5.92. The summed E-state index contributed by atoms with van der Waals surface area (Å²) in [7, 11) is 0. The van der Waals surface area contributed by atoms with Crippen LogP contribution in [0.2, 0.25) is 0 Å². The van der Waals surface area contributed by atoms with Crippen molar-refractivity contribution in [2.24, 2.45) is 0 Å².